The molecule has 1 aliphatic carbocycles. The van der Waals surface area contributed by atoms with Gasteiger partial charge in [-0.25, -0.2) is 0 Å². The lowest BCUT2D eigenvalue weighted by Crippen LogP contribution is -2.39. The molecule has 24 heavy (non-hydrogen) atoms. The number of benzene rings is 1. The van der Waals surface area contributed by atoms with Gasteiger partial charge in [0.2, 0.25) is 5.91 Å². The van der Waals surface area contributed by atoms with Crippen LogP contribution in [0.25, 0.3) is 0 Å². The second-order valence-electron chi connectivity index (χ2n) is 7.38. The van der Waals surface area contributed by atoms with Crippen molar-refractivity contribution < 1.29 is 9.59 Å². The van der Waals surface area contributed by atoms with Gasteiger partial charge < -0.3 is 9.80 Å². The Morgan fingerprint density at radius 1 is 1.08 bits per heavy atom. The molecule has 0 unspecified atom stereocenters. The van der Waals surface area contributed by atoms with Crippen LogP contribution in [-0.4, -0.2) is 36.3 Å². The van der Waals surface area contributed by atoms with Crippen molar-refractivity contribution in [2.75, 3.05) is 18.5 Å². The van der Waals surface area contributed by atoms with E-state index in [-0.39, 0.29) is 11.8 Å². The molecule has 130 valence electrons. The molecule has 1 aliphatic heterocycles. The molecular formula is C20H28N2O2. The van der Waals surface area contributed by atoms with Crippen molar-refractivity contribution in [1.29, 1.82) is 0 Å². The third-order valence-electron chi connectivity index (χ3n) is 5.60. The Labute approximate surface area is 144 Å². The van der Waals surface area contributed by atoms with Crippen LogP contribution in [0.5, 0.6) is 0 Å². The molecule has 0 N–H and O–H groups in total. The van der Waals surface area contributed by atoms with Crippen molar-refractivity contribution >= 4 is 17.5 Å². The van der Waals surface area contributed by atoms with Crippen molar-refractivity contribution in [2.45, 2.75) is 57.9 Å². The maximum atomic E-state index is 12.7. The lowest BCUT2D eigenvalue weighted by Gasteiger charge is -2.33. The molecule has 1 aromatic rings. The summed E-state index contributed by atoms with van der Waals surface area (Å²) in [6, 6.07) is 7.90. The molecule has 1 saturated carbocycles. The zero-order valence-corrected chi connectivity index (χ0v) is 14.8. The average molecular weight is 328 g/mol. The highest BCUT2D eigenvalue weighted by atomic mass is 16.2. The molecule has 3 rings (SSSR count). The monoisotopic (exact) mass is 328 g/mol. The van der Waals surface area contributed by atoms with E-state index >= 15 is 0 Å². The van der Waals surface area contributed by atoms with Crippen LogP contribution in [0.3, 0.4) is 0 Å². The number of anilines is 1. The average Bonchev–Trinajstić information content (AvgIpc) is 2.62. The topological polar surface area (TPSA) is 40.6 Å². The highest BCUT2D eigenvalue weighted by Gasteiger charge is 2.26. The maximum absolute atomic E-state index is 12.7. The number of rotatable bonds is 3. The number of carbonyl (C=O) groups is 2. The Bertz CT molecular complexity index is 588. The van der Waals surface area contributed by atoms with Crippen molar-refractivity contribution in [1.82, 2.24) is 4.90 Å². The first-order valence-corrected chi connectivity index (χ1v) is 9.24. The largest absolute Gasteiger partial charge is 0.339 e. The van der Waals surface area contributed by atoms with E-state index in [0.717, 1.165) is 43.8 Å². The Balaban J connectivity index is 1.66. The normalized spacial score (nSPS) is 24.8. The Hall–Kier alpha value is -1.84. The van der Waals surface area contributed by atoms with Crippen LogP contribution in [0.15, 0.2) is 24.3 Å². The van der Waals surface area contributed by atoms with Crippen LogP contribution < -0.4 is 4.90 Å². The molecule has 4 nitrogen and oxygen atoms in total. The summed E-state index contributed by atoms with van der Waals surface area (Å²) < 4.78 is 0. The van der Waals surface area contributed by atoms with Gasteiger partial charge in [0.15, 0.2) is 0 Å². The van der Waals surface area contributed by atoms with Gasteiger partial charge in [0, 0.05) is 37.3 Å². The van der Waals surface area contributed by atoms with Crippen LogP contribution in [0.4, 0.5) is 5.69 Å². The molecule has 1 heterocycles. The molecule has 0 aromatic heterocycles. The minimum atomic E-state index is 0.0890. The first-order valence-electron chi connectivity index (χ1n) is 9.24. The van der Waals surface area contributed by atoms with E-state index in [1.54, 1.807) is 0 Å². The van der Waals surface area contributed by atoms with E-state index < -0.39 is 0 Å². The van der Waals surface area contributed by atoms with Gasteiger partial charge in [-0.05, 0) is 68.7 Å². The quantitative estimate of drug-likeness (QED) is 0.845. The number of nitrogens with zero attached hydrogens (tertiary/aromatic N) is 2. The first-order chi connectivity index (χ1) is 11.6. The third kappa shape index (κ3) is 3.63. The smallest absolute Gasteiger partial charge is 0.253 e. The zero-order valence-electron chi connectivity index (χ0n) is 14.8. The highest BCUT2D eigenvalue weighted by molar-refractivity contribution is 5.97. The predicted molar refractivity (Wildman–Crippen MR) is 96.2 cm³/mol. The fourth-order valence-electron chi connectivity index (χ4n) is 3.86. The predicted octanol–water partition coefficient (Wildman–Crippen LogP) is 3.85. The van der Waals surface area contributed by atoms with Crippen LogP contribution >= 0.6 is 0 Å². The Morgan fingerprint density at radius 3 is 2.38 bits per heavy atom. The summed E-state index contributed by atoms with van der Waals surface area (Å²) in [6.07, 6.45) is 7.28. The molecule has 1 saturated heterocycles. The van der Waals surface area contributed by atoms with Gasteiger partial charge >= 0.3 is 0 Å². The molecule has 2 amide bonds. The highest BCUT2D eigenvalue weighted by Crippen LogP contribution is 2.28. The maximum Gasteiger partial charge on any atom is 0.253 e. The SMILES string of the molecule is CC1CCC(N(C)C(=O)c2ccc(N3CCCCC3=O)cc2)CC1. The molecular weight excluding hydrogens is 300 g/mol. The van der Waals surface area contributed by atoms with Crippen LogP contribution in [0.2, 0.25) is 0 Å². The van der Waals surface area contributed by atoms with Gasteiger partial charge in [0.1, 0.15) is 0 Å². The van der Waals surface area contributed by atoms with Gasteiger partial charge in [-0.15, -0.1) is 0 Å². The lowest BCUT2D eigenvalue weighted by atomic mass is 9.86. The van der Waals surface area contributed by atoms with E-state index in [4.69, 9.17) is 0 Å². The van der Waals surface area contributed by atoms with Crippen LogP contribution in [0, 0.1) is 5.92 Å². The molecule has 0 spiro atoms. The third-order valence-corrected chi connectivity index (χ3v) is 5.60. The molecule has 0 bridgehead atoms. The lowest BCUT2D eigenvalue weighted by molar-refractivity contribution is -0.119. The van der Waals surface area contributed by atoms with Crippen LogP contribution in [0.1, 0.15) is 62.2 Å². The van der Waals surface area contributed by atoms with Gasteiger partial charge in [-0.2, -0.15) is 0 Å². The van der Waals surface area contributed by atoms with E-state index in [1.807, 2.05) is 41.1 Å². The second-order valence-corrected chi connectivity index (χ2v) is 7.38. The van der Waals surface area contributed by atoms with E-state index in [9.17, 15) is 9.59 Å². The van der Waals surface area contributed by atoms with E-state index in [2.05, 4.69) is 6.92 Å². The standard InChI is InChI=1S/C20H28N2O2/c1-15-6-10-17(11-7-15)21(2)20(24)16-8-12-18(13-9-16)22-14-4-3-5-19(22)23/h8-9,12-13,15,17H,3-7,10-11,14H2,1-2H3. The number of carbonyl (C=O) groups excluding carboxylic acids is 2. The summed E-state index contributed by atoms with van der Waals surface area (Å²) in [4.78, 5) is 28.5. The summed E-state index contributed by atoms with van der Waals surface area (Å²) in [5, 5.41) is 0. The molecule has 2 aliphatic rings. The van der Waals surface area contributed by atoms with Gasteiger partial charge in [0.25, 0.3) is 5.91 Å². The molecule has 2 fully saturated rings. The van der Waals surface area contributed by atoms with Gasteiger partial charge in [-0.1, -0.05) is 6.92 Å². The Morgan fingerprint density at radius 2 is 1.75 bits per heavy atom. The minimum Gasteiger partial charge on any atom is -0.339 e. The van der Waals surface area contributed by atoms with Gasteiger partial charge in [0.05, 0.1) is 0 Å². The molecule has 0 atom stereocenters. The minimum absolute atomic E-state index is 0.0890. The fraction of sp³-hybridized carbons (Fsp3) is 0.600. The number of hydrogen-bond acceptors (Lipinski definition) is 2. The summed E-state index contributed by atoms with van der Waals surface area (Å²) in [6.45, 7) is 3.07. The van der Waals surface area contributed by atoms with Gasteiger partial charge in [-0.3, -0.25) is 9.59 Å². The zero-order chi connectivity index (χ0) is 17.1. The van der Waals surface area contributed by atoms with Crippen molar-refractivity contribution in [2.24, 2.45) is 5.92 Å². The summed E-state index contributed by atoms with van der Waals surface area (Å²) in [5.41, 5.74) is 1.62. The number of piperidine rings is 1. The summed E-state index contributed by atoms with van der Waals surface area (Å²) in [5.74, 6) is 1.06. The van der Waals surface area contributed by atoms with E-state index in [1.165, 1.54) is 12.8 Å². The Kier molecular flexibility index (Phi) is 5.22. The first kappa shape index (κ1) is 17.0. The second kappa shape index (κ2) is 7.37. The van der Waals surface area contributed by atoms with E-state index in [0.29, 0.717) is 18.0 Å². The molecule has 1 aromatic carbocycles. The van der Waals surface area contributed by atoms with Crippen molar-refractivity contribution in [3.63, 3.8) is 0 Å². The fourth-order valence-corrected chi connectivity index (χ4v) is 3.86. The molecule has 4 heteroatoms. The summed E-state index contributed by atoms with van der Waals surface area (Å²) in [7, 11) is 1.92. The van der Waals surface area contributed by atoms with Crippen molar-refractivity contribution in [3.05, 3.63) is 29.8 Å². The molecule has 0 radical (unpaired) electrons. The van der Waals surface area contributed by atoms with Crippen LogP contribution in [-0.2, 0) is 4.79 Å². The number of hydrogen-bond donors (Lipinski definition) is 0. The number of amides is 2. The van der Waals surface area contributed by atoms with Crippen molar-refractivity contribution in [3.8, 4) is 0 Å². The summed E-state index contributed by atoms with van der Waals surface area (Å²) >= 11 is 0.